The van der Waals surface area contributed by atoms with Crippen molar-refractivity contribution in [2.24, 2.45) is 5.92 Å². The van der Waals surface area contributed by atoms with Crippen molar-refractivity contribution in [2.75, 3.05) is 0 Å². The van der Waals surface area contributed by atoms with Crippen molar-refractivity contribution in [2.45, 2.75) is 45.2 Å². The number of para-hydroxylation sites is 1. The Bertz CT molecular complexity index is 1000. The summed E-state index contributed by atoms with van der Waals surface area (Å²) in [6.45, 7) is 1.77. The van der Waals surface area contributed by atoms with Gasteiger partial charge in [0.25, 0.3) is 5.56 Å². The molecule has 0 spiro atoms. The Kier molecular flexibility index (Phi) is 5.07. The molecule has 1 atom stereocenters. The minimum absolute atomic E-state index is 0.00288. The molecule has 0 radical (unpaired) electrons. The number of rotatable bonds is 5. The molecule has 0 aliphatic heterocycles. The highest BCUT2D eigenvalue weighted by molar-refractivity contribution is 7.10. The van der Waals surface area contributed by atoms with Crippen LogP contribution in [0.4, 0.5) is 0 Å². The van der Waals surface area contributed by atoms with Gasteiger partial charge >= 0.3 is 0 Å². The monoisotopic (exact) mass is 381 g/mol. The summed E-state index contributed by atoms with van der Waals surface area (Å²) in [5.41, 5.74) is 0.501. The van der Waals surface area contributed by atoms with Gasteiger partial charge in [0.2, 0.25) is 5.91 Å². The van der Waals surface area contributed by atoms with Gasteiger partial charge in [-0.05, 0) is 49.3 Å². The Hall–Kier alpha value is -2.47. The lowest BCUT2D eigenvalue weighted by Gasteiger charge is -2.24. The van der Waals surface area contributed by atoms with Crippen molar-refractivity contribution in [3.8, 4) is 0 Å². The van der Waals surface area contributed by atoms with Crippen LogP contribution in [-0.4, -0.2) is 15.5 Å². The fourth-order valence-electron chi connectivity index (χ4n) is 4.01. The molecule has 27 heavy (non-hydrogen) atoms. The highest BCUT2D eigenvalue weighted by atomic mass is 32.1. The largest absolute Gasteiger partial charge is 0.347 e. The third-order valence-corrected chi connectivity index (χ3v) is 6.35. The van der Waals surface area contributed by atoms with Crippen molar-refractivity contribution in [3.05, 3.63) is 62.8 Å². The second-order valence-electron chi connectivity index (χ2n) is 7.17. The molecule has 140 valence electrons. The lowest BCUT2D eigenvalue weighted by Crippen LogP contribution is -2.37. The summed E-state index contributed by atoms with van der Waals surface area (Å²) in [5.74, 6) is 0.894. The predicted molar refractivity (Wildman–Crippen MR) is 108 cm³/mol. The molecule has 1 aliphatic rings. The van der Waals surface area contributed by atoms with E-state index in [1.165, 1.54) is 22.3 Å². The first kappa shape index (κ1) is 17.9. The van der Waals surface area contributed by atoms with Crippen molar-refractivity contribution in [3.63, 3.8) is 0 Å². The molecular formula is C21H23N3O2S. The van der Waals surface area contributed by atoms with E-state index in [4.69, 9.17) is 0 Å². The highest BCUT2D eigenvalue weighted by Crippen LogP contribution is 2.37. The van der Waals surface area contributed by atoms with Crippen LogP contribution in [-0.2, 0) is 11.3 Å². The number of carbonyl (C=O) groups excluding carboxylic acids is 1. The Balaban J connectivity index is 1.58. The van der Waals surface area contributed by atoms with Crippen LogP contribution in [0.15, 0.2) is 46.6 Å². The molecule has 1 unspecified atom stereocenters. The zero-order chi connectivity index (χ0) is 18.8. The smallest absolute Gasteiger partial charge is 0.261 e. The van der Waals surface area contributed by atoms with E-state index >= 15 is 0 Å². The van der Waals surface area contributed by atoms with Crippen molar-refractivity contribution < 1.29 is 4.79 Å². The van der Waals surface area contributed by atoms with Gasteiger partial charge in [0.05, 0.1) is 16.9 Å². The van der Waals surface area contributed by atoms with Crippen LogP contribution in [0.25, 0.3) is 10.9 Å². The van der Waals surface area contributed by atoms with Crippen LogP contribution < -0.4 is 10.9 Å². The maximum Gasteiger partial charge on any atom is 0.261 e. The molecule has 1 fully saturated rings. The molecule has 1 saturated carbocycles. The van der Waals surface area contributed by atoms with Gasteiger partial charge in [-0.3, -0.25) is 14.2 Å². The molecule has 1 N–H and O–H groups in total. The third-order valence-electron chi connectivity index (χ3n) is 5.39. The van der Waals surface area contributed by atoms with E-state index in [1.54, 1.807) is 24.3 Å². The standard InChI is InChI=1S/C21H23N3O2S/c1-14-22-17-10-5-4-9-16(17)21(26)24(14)13-19(25)23-20(15-7-2-3-8-15)18-11-6-12-27-18/h4-6,9-12,15,20H,2-3,7-8,13H2,1H3,(H,23,25). The van der Waals surface area contributed by atoms with Gasteiger partial charge in [-0.25, -0.2) is 4.98 Å². The zero-order valence-electron chi connectivity index (χ0n) is 15.4. The number of hydrogen-bond donors (Lipinski definition) is 1. The third kappa shape index (κ3) is 3.67. The van der Waals surface area contributed by atoms with Crippen molar-refractivity contribution in [1.29, 1.82) is 0 Å². The van der Waals surface area contributed by atoms with E-state index in [1.807, 2.05) is 29.6 Å². The van der Waals surface area contributed by atoms with Crippen LogP contribution in [0, 0.1) is 12.8 Å². The number of aromatic nitrogens is 2. The summed E-state index contributed by atoms with van der Waals surface area (Å²) in [6.07, 6.45) is 4.71. The van der Waals surface area contributed by atoms with E-state index in [0.717, 1.165) is 12.8 Å². The zero-order valence-corrected chi connectivity index (χ0v) is 16.2. The number of benzene rings is 1. The van der Waals surface area contributed by atoms with Gasteiger partial charge in [-0.15, -0.1) is 11.3 Å². The molecule has 1 amide bonds. The number of thiophene rings is 1. The molecule has 2 aromatic heterocycles. The van der Waals surface area contributed by atoms with E-state index in [2.05, 4.69) is 16.4 Å². The minimum Gasteiger partial charge on any atom is -0.347 e. The van der Waals surface area contributed by atoms with E-state index in [0.29, 0.717) is 22.6 Å². The second-order valence-corrected chi connectivity index (χ2v) is 8.15. The number of aryl methyl sites for hydroxylation is 1. The SMILES string of the molecule is Cc1nc2ccccc2c(=O)n1CC(=O)NC(c1cccs1)C1CCCC1. The molecule has 0 saturated heterocycles. The van der Waals surface area contributed by atoms with Gasteiger partial charge < -0.3 is 5.32 Å². The first-order chi connectivity index (χ1) is 13.1. The van der Waals surface area contributed by atoms with Gasteiger partial charge in [-0.2, -0.15) is 0 Å². The summed E-state index contributed by atoms with van der Waals surface area (Å²) >= 11 is 1.68. The van der Waals surface area contributed by atoms with Crippen LogP contribution >= 0.6 is 11.3 Å². The van der Waals surface area contributed by atoms with Gasteiger partial charge in [-0.1, -0.05) is 31.0 Å². The molecule has 1 aromatic carbocycles. The van der Waals surface area contributed by atoms with Gasteiger partial charge in [0, 0.05) is 4.88 Å². The molecule has 2 heterocycles. The van der Waals surface area contributed by atoms with Crippen LogP contribution in [0.1, 0.15) is 42.4 Å². The molecule has 5 nitrogen and oxygen atoms in total. The molecular weight excluding hydrogens is 358 g/mol. The number of amides is 1. The lowest BCUT2D eigenvalue weighted by atomic mass is 9.96. The quantitative estimate of drug-likeness (QED) is 0.731. The van der Waals surface area contributed by atoms with Crippen LogP contribution in [0.5, 0.6) is 0 Å². The fraction of sp³-hybridized carbons (Fsp3) is 0.381. The van der Waals surface area contributed by atoms with E-state index in [-0.39, 0.29) is 24.1 Å². The maximum absolute atomic E-state index is 12.8. The summed E-state index contributed by atoms with van der Waals surface area (Å²) in [4.78, 5) is 31.3. The first-order valence-corrected chi connectivity index (χ1v) is 10.3. The summed E-state index contributed by atoms with van der Waals surface area (Å²) in [5, 5.41) is 5.79. The van der Waals surface area contributed by atoms with E-state index in [9.17, 15) is 9.59 Å². The first-order valence-electron chi connectivity index (χ1n) is 9.42. The molecule has 3 aromatic rings. The Morgan fingerprint density at radius 2 is 2.04 bits per heavy atom. The maximum atomic E-state index is 12.8. The molecule has 6 heteroatoms. The molecule has 4 rings (SSSR count). The van der Waals surface area contributed by atoms with E-state index < -0.39 is 0 Å². The number of fused-ring (bicyclic) bond motifs is 1. The van der Waals surface area contributed by atoms with Gasteiger partial charge in [0.1, 0.15) is 12.4 Å². The highest BCUT2D eigenvalue weighted by Gasteiger charge is 2.28. The number of hydrogen-bond acceptors (Lipinski definition) is 4. The summed E-state index contributed by atoms with van der Waals surface area (Å²) < 4.78 is 1.47. The Morgan fingerprint density at radius 1 is 1.26 bits per heavy atom. The van der Waals surface area contributed by atoms with Crippen LogP contribution in [0.2, 0.25) is 0 Å². The fourth-order valence-corrected chi connectivity index (χ4v) is 4.88. The average Bonchev–Trinajstić information content (AvgIpc) is 3.37. The number of nitrogens with zero attached hydrogens (tertiary/aromatic N) is 2. The summed E-state index contributed by atoms with van der Waals surface area (Å²) in [7, 11) is 0. The normalized spacial score (nSPS) is 15.9. The average molecular weight is 382 g/mol. The molecule has 1 aliphatic carbocycles. The number of nitrogens with one attached hydrogen (secondary N) is 1. The summed E-state index contributed by atoms with van der Waals surface area (Å²) in [6, 6.07) is 11.4. The lowest BCUT2D eigenvalue weighted by molar-refractivity contribution is -0.122. The second kappa shape index (κ2) is 7.64. The van der Waals surface area contributed by atoms with Crippen molar-refractivity contribution in [1.82, 2.24) is 14.9 Å². The molecule has 0 bridgehead atoms. The van der Waals surface area contributed by atoms with Crippen molar-refractivity contribution >= 4 is 28.1 Å². The minimum atomic E-state index is -0.165. The van der Waals surface area contributed by atoms with Gasteiger partial charge in [0.15, 0.2) is 0 Å². The number of carbonyl (C=O) groups is 1. The Labute approximate surface area is 162 Å². The predicted octanol–water partition coefficient (Wildman–Crippen LogP) is 3.81. The Morgan fingerprint density at radius 3 is 2.78 bits per heavy atom. The topological polar surface area (TPSA) is 64.0 Å². The van der Waals surface area contributed by atoms with Crippen LogP contribution in [0.3, 0.4) is 0 Å².